The minimum Gasteiger partial charge on any atom is -0.355 e. The number of aryl methyl sites for hydroxylation is 1. The third-order valence-electron chi connectivity index (χ3n) is 4.69. The first-order chi connectivity index (χ1) is 11.6. The number of rotatable bonds is 8. The molecular formula is C20H30N2O2. The molecule has 0 bridgehead atoms. The molecule has 0 atom stereocenters. The zero-order valence-corrected chi connectivity index (χ0v) is 14.8. The Morgan fingerprint density at radius 3 is 2.29 bits per heavy atom. The quantitative estimate of drug-likeness (QED) is 0.436. The van der Waals surface area contributed by atoms with Crippen molar-refractivity contribution in [1.82, 2.24) is 10.6 Å². The Balaban J connectivity index is 1.57. The van der Waals surface area contributed by atoms with Crippen LogP contribution in [0.3, 0.4) is 0 Å². The Kier molecular flexibility index (Phi) is 7.96. The van der Waals surface area contributed by atoms with Gasteiger partial charge in [-0.25, -0.2) is 0 Å². The fourth-order valence-electron chi connectivity index (χ4n) is 3.16. The van der Waals surface area contributed by atoms with E-state index >= 15 is 0 Å². The summed E-state index contributed by atoms with van der Waals surface area (Å²) in [5.74, 6) is -0.0140. The van der Waals surface area contributed by atoms with E-state index in [4.69, 9.17) is 0 Å². The summed E-state index contributed by atoms with van der Waals surface area (Å²) in [5.41, 5.74) is 1.81. The largest absolute Gasteiger partial charge is 0.355 e. The van der Waals surface area contributed by atoms with Gasteiger partial charge in [-0.2, -0.15) is 0 Å². The molecule has 0 unspecified atom stereocenters. The molecule has 0 heterocycles. The highest BCUT2D eigenvalue weighted by Crippen LogP contribution is 2.16. The van der Waals surface area contributed by atoms with E-state index < -0.39 is 0 Å². The lowest BCUT2D eigenvalue weighted by atomic mass is 10.1. The molecule has 1 aromatic carbocycles. The topological polar surface area (TPSA) is 58.2 Å². The van der Waals surface area contributed by atoms with Gasteiger partial charge in [0, 0.05) is 37.5 Å². The van der Waals surface area contributed by atoms with E-state index in [1.165, 1.54) is 38.5 Å². The molecule has 2 rings (SSSR count). The maximum absolute atomic E-state index is 12.0. The number of nitrogens with one attached hydrogen (secondary N) is 2. The van der Waals surface area contributed by atoms with Crippen LogP contribution in [0.5, 0.6) is 0 Å². The molecule has 1 fully saturated rings. The van der Waals surface area contributed by atoms with Crippen molar-refractivity contribution in [3.8, 4) is 0 Å². The summed E-state index contributed by atoms with van der Waals surface area (Å²) in [7, 11) is 0. The molecule has 4 nitrogen and oxygen atoms in total. The van der Waals surface area contributed by atoms with Crippen molar-refractivity contribution in [2.24, 2.45) is 0 Å². The third-order valence-corrected chi connectivity index (χ3v) is 4.69. The second-order valence-corrected chi connectivity index (χ2v) is 6.78. The van der Waals surface area contributed by atoms with Gasteiger partial charge in [-0.05, 0) is 19.8 Å². The van der Waals surface area contributed by atoms with Gasteiger partial charge in [0.15, 0.2) is 5.78 Å². The van der Waals surface area contributed by atoms with Crippen molar-refractivity contribution in [3.05, 3.63) is 35.4 Å². The van der Waals surface area contributed by atoms with Crippen molar-refractivity contribution in [3.63, 3.8) is 0 Å². The number of hydrogen-bond donors (Lipinski definition) is 2. The zero-order valence-electron chi connectivity index (χ0n) is 14.8. The molecule has 24 heavy (non-hydrogen) atoms. The van der Waals surface area contributed by atoms with E-state index in [2.05, 4.69) is 10.6 Å². The average molecular weight is 330 g/mol. The number of Topliss-reactive ketones (excluding diaryl/α,β-unsaturated/α-hetero) is 1. The van der Waals surface area contributed by atoms with Crippen molar-refractivity contribution in [2.45, 2.75) is 64.3 Å². The Labute approximate surface area is 145 Å². The van der Waals surface area contributed by atoms with Gasteiger partial charge >= 0.3 is 0 Å². The first-order valence-electron chi connectivity index (χ1n) is 9.25. The predicted octanol–water partition coefficient (Wildman–Crippen LogP) is 3.39. The summed E-state index contributed by atoms with van der Waals surface area (Å²) in [6.45, 7) is 3.43. The summed E-state index contributed by atoms with van der Waals surface area (Å²) in [6.07, 6.45) is 8.35. The molecule has 2 N–H and O–H groups in total. The number of ketones is 1. The molecule has 4 heteroatoms. The van der Waals surface area contributed by atoms with Crippen LogP contribution in [0.4, 0.5) is 0 Å². The number of carbonyl (C=O) groups is 2. The van der Waals surface area contributed by atoms with Gasteiger partial charge in [0.1, 0.15) is 0 Å². The highest BCUT2D eigenvalue weighted by Gasteiger charge is 2.12. The lowest BCUT2D eigenvalue weighted by Crippen LogP contribution is -2.36. The van der Waals surface area contributed by atoms with Crippen LogP contribution in [-0.2, 0) is 4.79 Å². The molecule has 0 radical (unpaired) electrons. The number of hydrogen-bond acceptors (Lipinski definition) is 3. The molecular weight excluding hydrogens is 300 g/mol. The molecule has 0 spiro atoms. The highest BCUT2D eigenvalue weighted by atomic mass is 16.2. The Bertz CT molecular complexity index is 517. The van der Waals surface area contributed by atoms with E-state index in [0.717, 1.165) is 12.1 Å². The molecule has 1 saturated carbocycles. The van der Waals surface area contributed by atoms with Gasteiger partial charge in [0.25, 0.3) is 0 Å². The summed E-state index contributed by atoms with van der Waals surface area (Å²) in [6, 6.07) is 8.10. The average Bonchev–Trinajstić information content (AvgIpc) is 2.86. The molecule has 0 aliphatic heterocycles. The number of amides is 1. The molecule has 0 saturated heterocycles. The second kappa shape index (κ2) is 10.2. The predicted molar refractivity (Wildman–Crippen MR) is 97.2 cm³/mol. The van der Waals surface area contributed by atoms with Gasteiger partial charge in [0.2, 0.25) is 5.91 Å². The first kappa shape index (κ1) is 18.7. The molecule has 1 amide bonds. The zero-order chi connectivity index (χ0) is 17.2. The van der Waals surface area contributed by atoms with Crippen LogP contribution in [-0.4, -0.2) is 30.8 Å². The van der Waals surface area contributed by atoms with Gasteiger partial charge in [-0.1, -0.05) is 55.5 Å². The molecule has 1 aliphatic carbocycles. The molecule has 132 valence electrons. The van der Waals surface area contributed by atoms with Gasteiger partial charge in [-0.15, -0.1) is 0 Å². The Morgan fingerprint density at radius 1 is 0.958 bits per heavy atom. The monoisotopic (exact) mass is 330 g/mol. The van der Waals surface area contributed by atoms with Crippen LogP contribution in [0, 0.1) is 6.92 Å². The summed E-state index contributed by atoms with van der Waals surface area (Å²) >= 11 is 0. The lowest BCUT2D eigenvalue weighted by Gasteiger charge is -2.16. The standard InChI is InChI=1S/C20H30N2O2/c1-16-8-10-17(11-9-16)19(23)12-13-20(24)22-15-14-21-18-6-4-2-3-5-7-18/h8-11,18,21H,2-7,12-15H2,1H3,(H,22,24). The fourth-order valence-corrected chi connectivity index (χ4v) is 3.16. The Hall–Kier alpha value is -1.68. The maximum Gasteiger partial charge on any atom is 0.220 e. The van der Waals surface area contributed by atoms with Crippen LogP contribution in [0.15, 0.2) is 24.3 Å². The Morgan fingerprint density at radius 2 is 1.62 bits per heavy atom. The fraction of sp³-hybridized carbons (Fsp3) is 0.600. The van der Waals surface area contributed by atoms with Crippen molar-refractivity contribution in [2.75, 3.05) is 13.1 Å². The van der Waals surface area contributed by atoms with Crippen LogP contribution in [0.1, 0.15) is 67.3 Å². The third kappa shape index (κ3) is 6.83. The minimum absolute atomic E-state index is 0.0294. The summed E-state index contributed by atoms with van der Waals surface area (Å²) < 4.78 is 0. The van der Waals surface area contributed by atoms with Gasteiger partial charge < -0.3 is 10.6 Å². The molecule has 0 aromatic heterocycles. The van der Waals surface area contributed by atoms with Crippen LogP contribution >= 0.6 is 0 Å². The van der Waals surface area contributed by atoms with E-state index in [9.17, 15) is 9.59 Å². The van der Waals surface area contributed by atoms with E-state index in [1.54, 1.807) is 0 Å². The van der Waals surface area contributed by atoms with E-state index in [0.29, 0.717) is 18.2 Å². The van der Waals surface area contributed by atoms with Crippen LogP contribution < -0.4 is 10.6 Å². The molecule has 1 aliphatic rings. The maximum atomic E-state index is 12.0. The number of benzene rings is 1. The normalized spacial score (nSPS) is 15.7. The first-order valence-corrected chi connectivity index (χ1v) is 9.25. The van der Waals surface area contributed by atoms with Gasteiger partial charge in [-0.3, -0.25) is 9.59 Å². The SMILES string of the molecule is Cc1ccc(C(=O)CCC(=O)NCCNC2CCCCCC2)cc1. The van der Waals surface area contributed by atoms with E-state index in [-0.39, 0.29) is 24.5 Å². The second-order valence-electron chi connectivity index (χ2n) is 6.78. The summed E-state index contributed by atoms with van der Waals surface area (Å²) in [5, 5.41) is 6.43. The lowest BCUT2D eigenvalue weighted by molar-refractivity contribution is -0.121. The van der Waals surface area contributed by atoms with Crippen LogP contribution in [0.25, 0.3) is 0 Å². The van der Waals surface area contributed by atoms with Crippen molar-refractivity contribution < 1.29 is 9.59 Å². The minimum atomic E-state index is -0.0434. The molecule has 1 aromatic rings. The van der Waals surface area contributed by atoms with Gasteiger partial charge in [0.05, 0.1) is 0 Å². The van der Waals surface area contributed by atoms with Crippen molar-refractivity contribution in [1.29, 1.82) is 0 Å². The smallest absolute Gasteiger partial charge is 0.220 e. The van der Waals surface area contributed by atoms with Crippen molar-refractivity contribution >= 4 is 11.7 Å². The summed E-state index contributed by atoms with van der Waals surface area (Å²) in [4.78, 5) is 23.9. The highest BCUT2D eigenvalue weighted by molar-refractivity contribution is 5.97. The van der Waals surface area contributed by atoms with E-state index in [1.807, 2.05) is 31.2 Å². The number of carbonyl (C=O) groups excluding carboxylic acids is 2. The van der Waals surface area contributed by atoms with Crippen LogP contribution in [0.2, 0.25) is 0 Å².